The quantitative estimate of drug-likeness (QED) is 0.758. The van der Waals surface area contributed by atoms with Gasteiger partial charge < -0.3 is 4.74 Å². The third-order valence-corrected chi connectivity index (χ3v) is 1.79. The number of hydrogen-bond donors (Lipinski definition) is 0. The molecular weight excluding hydrogens is 207 g/mol. The van der Waals surface area contributed by atoms with E-state index in [9.17, 15) is 13.2 Å². The van der Waals surface area contributed by atoms with Crippen LogP contribution >= 0.6 is 0 Å². The molecule has 0 aliphatic heterocycles. The van der Waals surface area contributed by atoms with E-state index in [1.165, 1.54) is 18.2 Å². The lowest BCUT2D eigenvalue weighted by Gasteiger charge is -2.10. The molecule has 0 saturated carbocycles. The summed E-state index contributed by atoms with van der Waals surface area (Å²) in [4.78, 5) is 0. The lowest BCUT2D eigenvalue weighted by molar-refractivity contribution is -0.274. The normalized spacial score (nSPS) is 13.0. The highest BCUT2D eigenvalue weighted by atomic mass is 19.4. The van der Waals surface area contributed by atoms with Crippen molar-refractivity contribution in [3.8, 4) is 11.8 Å². The van der Waals surface area contributed by atoms with Crippen LogP contribution in [0.25, 0.3) is 0 Å². The van der Waals surface area contributed by atoms with Gasteiger partial charge in [0.25, 0.3) is 0 Å². The minimum absolute atomic E-state index is 0.304. The van der Waals surface area contributed by atoms with Crippen LogP contribution in [0.4, 0.5) is 13.2 Å². The average molecular weight is 215 g/mol. The Hall–Kier alpha value is -1.70. The molecule has 0 fully saturated rings. The van der Waals surface area contributed by atoms with Gasteiger partial charge >= 0.3 is 6.36 Å². The molecule has 0 heterocycles. The van der Waals surface area contributed by atoms with Gasteiger partial charge in [-0.2, -0.15) is 5.26 Å². The van der Waals surface area contributed by atoms with Crippen molar-refractivity contribution < 1.29 is 17.9 Å². The summed E-state index contributed by atoms with van der Waals surface area (Å²) in [5.74, 6) is -0.760. The van der Waals surface area contributed by atoms with Gasteiger partial charge in [0, 0.05) is 0 Å². The van der Waals surface area contributed by atoms with Gasteiger partial charge in [-0.15, -0.1) is 13.2 Å². The molecule has 1 aromatic carbocycles. The number of nitriles is 1. The highest BCUT2D eigenvalue weighted by molar-refractivity contribution is 5.33. The molecule has 0 bridgehead atoms. The van der Waals surface area contributed by atoms with Crippen molar-refractivity contribution in [1.29, 1.82) is 5.26 Å². The number of nitrogens with zero attached hydrogens (tertiary/aromatic N) is 1. The first-order chi connectivity index (χ1) is 6.92. The number of alkyl halides is 3. The van der Waals surface area contributed by atoms with E-state index in [2.05, 4.69) is 4.74 Å². The van der Waals surface area contributed by atoms with Crippen molar-refractivity contribution >= 4 is 0 Å². The molecule has 0 aliphatic rings. The molecule has 0 aromatic heterocycles. The van der Waals surface area contributed by atoms with Crippen LogP contribution in [0.15, 0.2) is 24.3 Å². The molecule has 0 N–H and O–H groups in total. The molecule has 80 valence electrons. The van der Waals surface area contributed by atoms with Gasteiger partial charge in [0.15, 0.2) is 0 Å². The van der Waals surface area contributed by atoms with Gasteiger partial charge in [0.2, 0.25) is 0 Å². The fraction of sp³-hybridized carbons (Fsp3) is 0.300. The van der Waals surface area contributed by atoms with Crippen LogP contribution in [0.2, 0.25) is 0 Å². The summed E-state index contributed by atoms with van der Waals surface area (Å²) < 4.78 is 39.3. The highest BCUT2D eigenvalue weighted by Crippen LogP contribution is 2.25. The van der Waals surface area contributed by atoms with E-state index < -0.39 is 12.3 Å². The molecule has 0 amide bonds. The van der Waals surface area contributed by atoms with Gasteiger partial charge in [-0.05, 0) is 24.6 Å². The summed E-state index contributed by atoms with van der Waals surface area (Å²) in [5, 5.41) is 8.60. The molecule has 0 saturated heterocycles. The third-order valence-electron chi connectivity index (χ3n) is 1.79. The smallest absolute Gasteiger partial charge is 0.406 e. The monoisotopic (exact) mass is 215 g/mol. The molecule has 15 heavy (non-hydrogen) atoms. The number of benzene rings is 1. The lowest BCUT2D eigenvalue weighted by Crippen LogP contribution is -2.17. The molecule has 1 atom stereocenters. The summed E-state index contributed by atoms with van der Waals surface area (Å²) in [5.41, 5.74) is 0.499. The highest BCUT2D eigenvalue weighted by Gasteiger charge is 2.31. The fourth-order valence-corrected chi connectivity index (χ4v) is 1.06. The summed E-state index contributed by atoms with van der Waals surface area (Å²) in [6.07, 6.45) is -4.70. The van der Waals surface area contributed by atoms with Gasteiger partial charge in [-0.1, -0.05) is 12.1 Å². The molecular formula is C10H8F3NO. The number of ether oxygens (including phenoxy) is 1. The Kier molecular flexibility index (Phi) is 3.20. The van der Waals surface area contributed by atoms with Crippen molar-refractivity contribution in [1.82, 2.24) is 0 Å². The van der Waals surface area contributed by atoms with Crippen molar-refractivity contribution in [2.45, 2.75) is 19.2 Å². The average Bonchev–Trinajstić information content (AvgIpc) is 2.14. The van der Waals surface area contributed by atoms with Crippen LogP contribution in [-0.2, 0) is 0 Å². The Bertz CT molecular complexity index is 381. The van der Waals surface area contributed by atoms with Crippen LogP contribution in [0.3, 0.4) is 0 Å². The van der Waals surface area contributed by atoms with Crippen LogP contribution in [0.1, 0.15) is 18.4 Å². The molecule has 5 heteroatoms. The number of hydrogen-bond acceptors (Lipinski definition) is 2. The first kappa shape index (κ1) is 11.4. The van der Waals surface area contributed by atoms with Crippen LogP contribution in [0.5, 0.6) is 5.75 Å². The Labute approximate surface area is 84.9 Å². The zero-order valence-electron chi connectivity index (χ0n) is 7.88. The molecule has 0 aliphatic carbocycles. The second-order valence-electron chi connectivity index (χ2n) is 2.97. The van der Waals surface area contributed by atoms with E-state index in [-0.39, 0.29) is 5.75 Å². The molecule has 0 spiro atoms. The second kappa shape index (κ2) is 4.22. The summed E-state index contributed by atoms with van der Waals surface area (Å²) in [6, 6.07) is 7.34. The minimum Gasteiger partial charge on any atom is -0.406 e. The van der Waals surface area contributed by atoms with Gasteiger partial charge in [0.1, 0.15) is 5.75 Å². The fourth-order valence-electron chi connectivity index (χ4n) is 1.06. The minimum atomic E-state index is -4.70. The van der Waals surface area contributed by atoms with E-state index in [4.69, 9.17) is 5.26 Å². The second-order valence-corrected chi connectivity index (χ2v) is 2.97. The lowest BCUT2D eigenvalue weighted by atomic mass is 10.0. The maximum Gasteiger partial charge on any atom is 0.573 e. The maximum atomic E-state index is 11.9. The molecule has 0 radical (unpaired) electrons. The predicted octanol–water partition coefficient (Wildman–Crippen LogP) is 3.21. The van der Waals surface area contributed by atoms with Crippen LogP contribution < -0.4 is 4.74 Å². The van der Waals surface area contributed by atoms with E-state index in [1.807, 2.05) is 6.07 Å². The Balaban J connectivity index is 2.89. The first-order valence-electron chi connectivity index (χ1n) is 4.17. The van der Waals surface area contributed by atoms with Crippen molar-refractivity contribution in [3.63, 3.8) is 0 Å². The topological polar surface area (TPSA) is 33.0 Å². The largest absolute Gasteiger partial charge is 0.573 e. The maximum absolute atomic E-state index is 11.9. The molecule has 1 unspecified atom stereocenters. The van der Waals surface area contributed by atoms with Gasteiger partial charge in [0.05, 0.1) is 12.0 Å². The van der Waals surface area contributed by atoms with Gasteiger partial charge in [-0.3, -0.25) is 0 Å². The SMILES string of the molecule is CC(C#N)c1cccc(OC(F)(F)F)c1. The summed E-state index contributed by atoms with van der Waals surface area (Å²) in [6.45, 7) is 1.60. The Morgan fingerprint density at radius 1 is 1.40 bits per heavy atom. The van der Waals surface area contributed by atoms with Crippen molar-refractivity contribution in [2.24, 2.45) is 0 Å². The third kappa shape index (κ3) is 3.50. The number of rotatable bonds is 2. The summed E-state index contributed by atoms with van der Waals surface area (Å²) in [7, 11) is 0. The van der Waals surface area contributed by atoms with Crippen molar-refractivity contribution in [3.05, 3.63) is 29.8 Å². The Morgan fingerprint density at radius 3 is 2.60 bits per heavy atom. The zero-order valence-corrected chi connectivity index (χ0v) is 7.88. The Morgan fingerprint density at radius 2 is 2.07 bits per heavy atom. The van der Waals surface area contributed by atoms with Crippen LogP contribution in [0, 0.1) is 11.3 Å². The van der Waals surface area contributed by atoms with E-state index in [0.717, 1.165) is 0 Å². The van der Waals surface area contributed by atoms with E-state index in [1.54, 1.807) is 13.0 Å². The van der Waals surface area contributed by atoms with Crippen molar-refractivity contribution in [2.75, 3.05) is 0 Å². The standard InChI is InChI=1S/C10H8F3NO/c1-7(6-14)8-3-2-4-9(5-8)15-10(11,12)13/h2-5,7H,1H3. The predicted molar refractivity (Wildman–Crippen MR) is 47.2 cm³/mol. The molecule has 1 rings (SSSR count). The number of halogens is 3. The van der Waals surface area contributed by atoms with Crippen LogP contribution in [-0.4, -0.2) is 6.36 Å². The van der Waals surface area contributed by atoms with Gasteiger partial charge in [-0.25, -0.2) is 0 Å². The van der Waals surface area contributed by atoms with E-state index in [0.29, 0.717) is 5.56 Å². The zero-order chi connectivity index (χ0) is 11.5. The molecule has 1 aromatic rings. The van der Waals surface area contributed by atoms with E-state index >= 15 is 0 Å². The first-order valence-corrected chi connectivity index (χ1v) is 4.17. The molecule has 2 nitrogen and oxygen atoms in total. The summed E-state index contributed by atoms with van der Waals surface area (Å²) >= 11 is 0.